The molecule has 4 nitrogen and oxygen atoms in total. The van der Waals surface area contributed by atoms with E-state index in [1.54, 1.807) is 0 Å². The van der Waals surface area contributed by atoms with E-state index in [0.29, 0.717) is 0 Å². The van der Waals surface area contributed by atoms with E-state index in [1.807, 2.05) is 0 Å². The minimum absolute atomic E-state index is 0.101. The van der Waals surface area contributed by atoms with Crippen molar-refractivity contribution in [1.29, 1.82) is 0 Å². The fourth-order valence-corrected chi connectivity index (χ4v) is 1.71. The average Bonchev–Trinajstić information content (AvgIpc) is 2.28. The minimum Gasteiger partial charge on any atom is -0.480 e. The Bertz CT molecular complexity index is 244. The summed E-state index contributed by atoms with van der Waals surface area (Å²) in [7, 11) is 0. The van der Waals surface area contributed by atoms with Crippen molar-refractivity contribution in [3.63, 3.8) is 0 Å². The van der Waals surface area contributed by atoms with Gasteiger partial charge in [-0.1, -0.05) is 0 Å². The summed E-state index contributed by atoms with van der Waals surface area (Å²) in [5.74, 6) is -1.53. The molecule has 1 rings (SSSR count). The summed E-state index contributed by atoms with van der Waals surface area (Å²) in [6.45, 7) is 2.78. The Hall–Kier alpha value is -1.13. The predicted molar refractivity (Wildman–Crippen MR) is 42.9 cm³/mol. The average molecular weight is 189 g/mol. The van der Waals surface area contributed by atoms with E-state index in [9.17, 15) is 14.0 Å². The molecule has 0 spiro atoms. The molecule has 1 fully saturated rings. The summed E-state index contributed by atoms with van der Waals surface area (Å²) in [4.78, 5) is 22.8. The van der Waals surface area contributed by atoms with Crippen molar-refractivity contribution in [2.24, 2.45) is 0 Å². The molecule has 1 heterocycles. The highest BCUT2D eigenvalue weighted by Crippen LogP contribution is 2.26. The predicted octanol–water partition coefficient (Wildman–Crippen LogP) is 0.418. The van der Waals surface area contributed by atoms with Gasteiger partial charge in [-0.2, -0.15) is 0 Å². The van der Waals surface area contributed by atoms with Crippen LogP contribution in [0.25, 0.3) is 0 Å². The molecule has 1 amide bonds. The molecule has 5 heteroatoms. The molecule has 1 aliphatic rings. The number of carboxylic acid groups (broad SMARTS) is 1. The second kappa shape index (κ2) is 3.32. The first-order valence-corrected chi connectivity index (χ1v) is 4.11. The first-order valence-electron chi connectivity index (χ1n) is 4.11. The van der Waals surface area contributed by atoms with Crippen molar-refractivity contribution in [3.05, 3.63) is 0 Å². The minimum atomic E-state index is -1.23. The van der Waals surface area contributed by atoms with Crippen LogP contribution in [0.5, 0.6) is 0 Å². The standard InChI is InChI=1S/C8H12FNO3/c1-4-6(9)3-7(8(12)13)10(4)5(2)11/h4,6-7H,3H2,1-2H3,(H,12,13)/t4-,6+,7?/m0/s1. The van der Waals surface area contributed by atoms with Crippen LogP contribution in [0.4, 0.5) is 4.39 Å². The number of likely N-dealkylation sites (tertiary alicyclic amines) is 1. The lowest BCUT2D eigenvalue weighted by Crippen LogP contribution is -2.43. The van der Waals surface area contributed by atoms with Gasteiger partial charge in [-0.3, -0.25) is 4.79 Å². The Morgan fingerprint density at radius 2 is 2.08 bits per heavy atom. The monoisotopic (exact) mass is 189 g/mol. The number of carbonyl (C=O) groups is 2. The molecule has 0 aromatic rings. The van der Waals surface area contributed by atoms with Crippen molar-refractivity contribution < 1.29 is 19.1 Å². The Labute approximate surface area is 75.3 Å². The van der Waals surface area contributed by atoms with Crippen molar-refractivity contribution >= 4 is 11.9 Å². The lowest BCUT2D eigenvalue weighted by molar-refractivity contribution is -0.148. The van der Waals surface area contributed by atoms with Crippen molar-refractivity contribution in [2.75, 3.05) is 0 Å². The Morgan fingerprint density at radius 3 is 2.38 bits per heavy atom. The zero-order valence-electron chi connectivity index (χ0n) is 7.53. The van der Waals surface area contributed by atoms with Gasteiger partial charge >= 0.3 is 5.97 Å². The van der Waals surface area contributed by atoms with E-state index in [-0.39, 0.29) is 12.3 Å². The highest BCUT2D eigenvalue weighted by Gasteiger charge is 2.43. The van der Waals surface area contributed by atoms with Gasteiger partial charge in [0.05, 0.1) is 6.04 Å². The van der Waals surface area contributed by atoms with E-state index in [4.69, 9.17) is 5.11 Å². The van der Waals surface area contributed by atoms with Crippen LogP contribution >= 0.6 is 0 Å². The second-order valence-corrected chi connectivity index (χ2v) is 3.27. The summed E-state index contributed by atoms with van der Waals surface area (Å²) >= 11 is 0. The second-order valence-electron chi connectivity index (χ2n) is 3.27. The lowest BCUT2D eigenvalue weighted by atomic mass is 10.2. The number of rotatable bonds is 1. The normalized spacial score (nSPS) is 33.5. The number of hydrogen-bond donors (Lipinski definition) is 1. The van der Waals surface area contributed by atoms with Crippen LogP contribution in [0.15, 0.2) is 0 Å². The number of hydrogen-bond acceptors (Lipinski definition) is 2. The van der Waals surface area contributed by atoms with Gasteiger partial charge < -0.3 is 10.0 Å². The van der Waals surface area contributed by atoms with E-state index in [0.717, 1.165) is 4.90 Å². The molecule has 0 aromatic carbocycles. The maximum Gasteiger partial charge on any atom is 0.326 e. The third-order valence-electron chi connectivity index (χ3n) is 2.40. The van der Waals surface area contributed by atoms with Gasteiger partial charge in [0.15, 0.2) is 0 Å². The fraction of sp³-hybridized carbons (Fsp3) is 0.750. The smallest absolute Gasteiger partial charge is 0.326 e. The van der Waals surface area contributed by atoms with Crippen LogP contribution in [-0.2, 0) is 9.59 Å². The molecular formula is C8H12FNO3. The SMILES string of the molecule is CC(=O)N1C(C(=O)O)C[C@@H](F)[C@@H]1C. The molecule has 1 saturated heterocycles. The van der Waals surface area contributed by atoms with E-state index in [1.165, 1.54) is 13.8 Å². The topological polar surface area (TPSA) is 57.6 Å². The van der Waals surface area contributed by atoms with Crippen molar-refractivity contribution in [3.8, 4) is 0 Å². The van der Waals surface area contributed by atoms with Gasteiger partial charge in [-0.25, -0.2) is 9.18 Å². The molecule has 3 atom stereocenters. The largest absolute Gasteiger partial charge is 0.480 e. The number of carboxylic acids is 1. The van der Waals surface area contributed by atoms with Crippen LogP contribution < -0.4 is 0 Å². The number of amides is 1. The van der Waals surface area contributed by atoms with E-state index in [2.05, 4.69) is 0 Å². The highest BCUT2D eigenvalue weighted by atomic mass is 19.1. The molecule has 0 radical (unpaired) electrons. The van der Waals surface area contributed by atoms with Crippen molar-refractivity contribution in [1.82, 2.24) is 4.90 Å². The van der Waals surface area contributed by atoms with E-state index < -0.39 is 24.2 Å². The van der Waals surface area contributed by atoms with Crippen molar-refractivity contribution in [2.45, 2.75) is 38.5 Å². The summed E-state index contributed by atoms with van der Waals surface area (Å²) < 4.78 is 13.1. The molecule has 0 aromatic heterocycles. The van der Waals surface area contributed by atoms with Crippen LogP contribution in [0.2, 0.25) is 0 Å². The van der Waals surface area contributed by atoms with Gasteiger partial charge in [0.2, 0.25) is 5.91 Å². The Balaban J connectivity index is 2.86. The first kappa shape index (κ1) is 9.95. The molecule has 13 heavy (non-hydrogen) atoms. The number of halogens is 1. The molecule has 1 N–H and O–H groups in total. The molecular weight excluding hydrogens is 177 g/mol. The van der Waals surface area contributed by atoms with Crippen LogP contribution in [-0.4, -0.2) is 40.1 Å². The van der Waals surface area contributed by atoms with E-state index >= 15 is 0 Å². The summed E-state index contributed by atoms with van der Waals surface area (Å²) in [5, 5.41) is 8.71. The fourth-order valence-electron chi connectivity index (χ4n) is 1.71. The van der Waals surface area contributed by atoms with Gasteiger partial charge in [0.1, 0.15) is 12.2 Å². The molecule has 74 valence electrons. The summed E-state index contributed by atoms with van der Waals surface area (Å²) in [6.07, 6.45) is -1.33. The zero-order valence-corrected chi connectivity index (χ0v) is 7.53. The third kappa shape index (κ3) is 1.64. The molecule has 1 aliphatic heterocycles. The number of nitrogens with zero attached hydrogens (tertiary/aromatic N) is 1. The Morgan fingerprint density at radius 1 is 1.54 bits per heavy atom. The number of aliphatic carboxylic acids is 1. The van der Waals surface area contributed by atoms with Gasteiger partial charge in [-0.05, 0) is 6.92 Å². The summed E-state index contributed by atoms with van der Waals surface area (Å²) in [6, 6.07) is -1.62. The molecule has 0 bridgehead atoms. The molecule has 0 saturated carbocycles. The van der Waals surface area contributed by atoms with Crippen LogP contribution in [0, 0.1) is 0 Å². The number of alkyl halides is 1. The van der Waals surface area contributed by atoms with Gasteiger partial charge in [-0.15, -0.1) is 0 Å². The highest BCUT2D eigenvalue weighted by molar-refractivity contribution is 5.83. The zero-order chi connectivity index (χ0) is 10.2. The number of carbonyl (C=O) groups excluding carboxylic acids is 1. The maximum absolute atomic E-state index is 13.1. The van der Waals surface area contributed by atoms with Crippen LogP contribution in [0.3, 0.4) is 0 Å². The first-order chi connectivity index (χ1) is 5.95. The summed E-state index contributed by atoms with van der Waals surface area (Å²) in [5.41, 5.74) is 0. The van der Waals surface area contributed by atoms with Crippen LogP contribution in [0.1, 0.15) is 20.3 Å². The van der Waals surface area contributed by atoms with Gasteiger partial charge in [0.25, 0.3) is 0 Å². The maximum atomic E-state index is 13.1. The third-order valence-corrected chi connectivity index (χ3v) is 2.40. The lowest BCUT2D eigenvalue weighted by Gasteiger charge is -2.24. The molecule has 0 aliphatic carbocycles. The van der Waals surface area contributed by atoms with Gasteiger partial charge in [0, 0.05) is 13.3 Å². The molecule has 1 unspecified atom stereocenters. The Kier molecular flexibility index (Phi) is 2.54. The quantitative estimate of drug-likeness (QED) is 0.650.